The first-order valence-corrected chi connectivity index (χ1v) is 7.31. The van der Waals surface area contributed by atoms with E-state index in [9.17, 15) is 8.42 Å². The largest absolute Gasteiger partial charge is 0.337 e. The predicted molar refractivity (Wildman–Crippen MR) is 61.4 cm³/mol. The second-order valence-corrected chi connectivity index (χ2v) is 6.37. The summed E-state index contributed by atoms with van der Waals surface area (Å²) in [5, 5.41) is 0. The molecular formula is C10H17N3O2S. The number of hydrogen-bond acceptors (Lipinski definition) is 3. The van der Waals surface area contributed by atoms with Gasteiger partial charge in [-0.2, -0.15) is 0 Å². The van der Waals surface area contributed by atoms with E-state index >= 15 is 0 Å². The summed E-state index contributed by atoms with van der Waals surface area (Å²) in [6.07, 6.45) is 8.76. The average Bonchev–Trinajstić information content (AvgIpc) is 2.70. The predicted octanol–water partition coefficient (Wildman–Crippen LogP) is 0.555. The molecule has 0 radical (unpaired) electrons. The van der Waals surface area contributed by atoms with Crippen LogP contribution in [0.15, 0.2) is 18.7 Å². The van der Waals surface area contributed by atoms with E-state index in [0.717, 1.165) is 19.4 Å². The molecule has 0 N–H and O–H groups in total. The van der Waals surface area contributed by atoms with Crippen molar-refractivity contribution < 1.29 is 8.42 Å². The Morgan fingerprint density at radius 2 is 2.31 bits per heavy atom. The summed E-state index contributed by atoms with van der Waals surface area (Å²) in [7, 11) is -3.03. The van der Waals surface area contributed by atoms with Crippen LogP contribution in [0, 0.1) is 5.92 Å². The summed E-state index contributed by atoms with van der Waals surface area (Å²) in [6, 6.07) is 0. The van der Waals surface area contributed by atoms with Crippen molar-refractivity contribution in [1.82, 2.24) is 13.9 Å². The van der Waals surface area contributed by atoms with Crippen LogP contribution in [0.4, 0.5) is 0 Å². The molecule has 2 heterocycles. The summed E-state index contributed by atoms with van der Waals surface area (Å²) in [4.78, 5) is 3.99. The third-order valence-electron chi connectivity index (χ3n) is 2.98. The molecule has 1 aliphatic rings. The quantitative estimate of drug-likeness (QED) is 0.779. The Hall–Kier alpha value is -0.880. The number of imidazole rings is 1. The minimum absolute atomic E-state index is 0.401. The van der Waals surface area contributed by atoms with Gasteiger partial charge in [-0.3, -0.25) is 0 Å². The molecule has 0 aromatic carbocycles. The van der Waals surface area contributed by atoms with Gasteiger partial charge in [0, 0.05) is 32.0 Å². The third kappa shape index (κ3) is 2.82. The molecule has 0 aliphatic carbocycles. The topological polar surface area (TPSA) is 55.2 Å². The summed E-state index contributed by atoms with van der Waals surface area (Å²) in [5.74, 6) is 0.401. The van der Waals surface area contributed by atoms with Crippen molar-refractivity contribution in [3.05, 3.63) is 18.7 Å². The first-order chi connectivity index (χ1) is 7.55. The average molecular weight is 243 g/mol. The van der Waals surface area contributed by atoms with Crippen molar-refractivity contribution in [2.75, 3.05) is 19.3 Å². The normalized spacial score (nSPS) is 23.4. The summed E-state index contributed by atoms with van der Waals surface area (Å²) < 4.78 is 26.5. The second-order valence-electron chi connectivity index (χ2n) is 4.39. The van der Waals surface area contributed by atoms with E-state index in [-0.39, 0.29) is 0 Å². The lowest BCUT2D eigenvalue weighted by Crippen LogP contribution is -2.40. The Morgan fingerprint density at radius 3 is 2.94 bits per heavy atom. The van der Waals surface area contributed by atoms with Crippen molar-refractivity contribution in [2.24, 2.45) is 5.92 Å². The molecule has 0 amide bonds. The zero-order chi connectivity index (χ0) is 11.6. The molecule has 1 fully saturated rings. The van der Waals surface area contributed by atoms with Gasteiger partial charge in [0.15, 0.2) is 0 Å². The molecule has 1 aliphatic heterocycles. The molecule has 90 valence electrons. The van der Waals surface area contributed by atoms with Gasteiger partial charge in [-0.1, -0.05) is 0 Å². The fraction of sp³-hybridized carbons (Fsp3) is 0.700. The molecule has 16 heavy (non-hydrogen) atoms. The molecule has 1 aromatic rings. The van der Waals surface area contributed by atoms with E-state index in [1.807, 2.05) is 10.8 Å². The fourth-order valence-corrected chi connectivity index (χ4v) is 3.11. The Bertz CT molecular complexity index is 427. The molecule has 1 atom stereocenters. The molecule has 6 heteroatoms. The maximum atomic E-state index is 11.4. The first kappa shape index (κ1) is 11.6. The smallest absolute Gasteiger partial charge is 0.211 e. The Balaban J connectivity index is 1.97. The molecule has 0 saturated carbocycles. The number of aromatic nitrogens is 2. The summed E-state index contributed by atoms with van der Waals surface area (Å²) >= 11 is 0. The number of rotatable bonds is 3. The minimum atomic E-state index is -3.03. The number of nitrogens with zero attached hydrogens (tertiary/aromatic N) is 3. The summed E-state index contributed by atoms with van der Waals surface area (Å²) in [6.45, 7) is 2.16. The van der Waals surface area contributed by atoms with Gasteiger partial charge in [0.1, 0.15) is 0 Å². The first-order valence-electron chi connectivity index (χ1n) is 5.46. The zero-order valence-corrected chi connectivity index (χ0v) is 10.2. The summed E-state index contributed by atoms with van der Waals surface area (Å²) in [5.41, 5.74) is 0. The lowest BCUT2D eigenvalue weighted by Gasteiger charge is -2.30. The van der Waals surface area contributed by atoms with E-state index in [2.05, 4.69) is 4.98 Å². The molecule has 1 aromatic heterocycles. The molecule has 5 nitrogen and oxygen atoms in total. The van der Waals surface area contributed by atoms with Crippen LogP contribution in [-0.4, -0.2) is 41.6 Å². The number of sulfonamides is 1. The molecular weight excluding hydrogens is 226 g/mol. The maximum absolute atomic E-state index is 11.4. The minimum Gasteiger partial charge on any atom is -0.337 e. The van der Waals surface area contributed by atoms with E-state index in [1.165, 1.54) is 6.26 Å². The molecule has 0 spiro atoms. The number of piperidine rings is 1. The highest BCUT2D eigenvalue weighted by Crippen LogP contribution is 2.19. The third-order valence-corrected chi connectivity index (χ3v) is 4.25. The van der Waals surface area contributed by atoms with Gasteiger partial charge < -0.3 is 4.57 Å². The van der Waals surface area contributed by atoms with Gasteiger partial charge in [-0.05, 0) is 18.8 Å². The fourth-order valence-electron chi connectivity index (χ4n) is 2.17. The Morgan fingerprint density at radius 1 is 1.50 bits per heavy atom. The van der Waals surface area contributed by atoms with Gasteiger partial charge >= 0.3 is 0 Å². The van der Waals surface area contributed by atoms with Crippen molar-refractivity contribution in [1.29, 1.82) is 0 Å². The molecule has 1 unspecified atom stereocenters. The van der Waals surface area contributed by atoms with Crippen LogP contribution in [0.5, 0.6) is 0 Å². The lowest BCUT2D eigenvalue weighted by molar-refractivity contribution is 0.246. The van der Waals surface area contributed by atoms with E-state index in [1.54, 1.807) is 16.8 Å². The van der Waals surface area contributed by atoms with Crippen LogP contribution >= 0.6 is 0 Å². The van der Waals surface area contributed by atoms with Gasteiger partial charge in [0.25, 0.3) is 0 Å². The lowest BCUT2D eigenvalue weighted by atomic mass is 10.00. The van der Waals surface area contributed by atoms with E-state index in [4.69, 9.17) is 0 Å². The number of hydrogen-bond donors (Lipinski definition) is 0. The molecule has 0 bridgehead atoms. The van der Waals surface area contributed by atoms with E-state index in [0.29, 0.717) is 19.0 Å². The second kappa shape index (κ2) is 4.55. The van der Waals surface area contributed by atoms with Crippen molar-refractivity contribution in [3.8, 4) is 0 Å². The highest BCUT2D eigenvalue weighted by atomic mass is 32.2. The Labute approximate surface area is 96.1 Å². The van der Waals surface area contributed by atoms with Crippen molar-refractivity contribution >= 4 is 10.0 Å². The van der Waals surface area contributed by atoms with Crippen LogP contribution in [0.3, 0.4) is 0 Å². The van der Waals surface area contributed by atoms with Gasteiger partial charge in [-0.15, -0.1) is 0 Å². The van der Waals surface area contributed by atoms with Crippen LogP contribution in [-0.2, 0) is 16.6 Å². The standard InChI is InChI=1S/C10H17N3O2S/c1-16(14,15)13-5-2-3-10(8-13)7-12-6-4-11-9-12/h4,6,9-10H,2-3,5,7-8H2,1H3. The van der Waals surface area contributed by atoms with Crippen molar-refractivity contribution in [2.45, 2.75) is 19.4 Å². The van der Waals surface area contributed by atoms with Gasteiger partial charge in [0.2, 0.25) is 10.0 Å². The molecule has 1 saturated heterocycles. The van der Waals surface area contributed by atoms with Gasteiger partial charge in [0.05, 0.1) is 12.6 Å². The Kier molecular flexibility index (Phi) is 3.30. The van der Waals surface area contributed by atoms with Crippen LogP contribution in [0.1, 0.15) is 12.8 Å². The monoisotopic (exact) mass is 243 g/mol. The maximum Gasteiger partial charge on any atom is 0.211 e. The molecule has 2 rings (SSSR count). The van der Waals surface area contributed by atoms with Crippen LogP contribution in [0.25, 0.3) is 0 Å². The van der Waals surface area contributed by atoms with E-state index < -0.39 is 10.0 Å². The SMILES string of the molecule is CS(=O)(=O)N1CCCC(Cn2ccnc2)C1. The van der Waals surface area contributed by atoms with Crippen molar-refractivity contribution in [3.63, 3.8) is 0 Å². The van der Waals surface area contributed by atoms with Crippen LogP contribution in [0.2, 0.25) is 0 Å². The highest BCUT2D eigenvalue weighted by Gasteiger charge is 2.25. The highest BCUT2D eigenvalue weighted by molar-refractivity contribution is 7.88. The zero-order valence-electron chi connectivity index (χ0n) is 9.41. The van der Waals surface area contributed by atoms with Gasteiger partial charge in [-0.25, -0.2) is 17.7 Å². The van der Waals surface area contributed by atoms with Crippen LogP contribution < -0.4 is 0 Å².